The molecule has 27 heavy (non-hydrogen) atoms. The maximum Gasteiger partial charge on any atom is 0.209 e. The average molecular weight is 408 g/mol. The third-order valence-corrected chi connectivity index (χ3v) is 6.50. The number of hydrogen-bond donors (Lipinski definition) is 0. The molecule has 7 nitrogen and oxygen atoms in total. The molecular weight excluding hydrogens is 390 g/mol. The lowest BCUT2D eigenvalue weighted by molar-refractivity contribution is -0.777. The highest BCUT2D eigenvalue weighted by Crippen LogP contribution is 2.40. The minimum Gasteiger partial charge on any atom is -0.744 e. The van der Waals surface area contributed by atoms with Crippen LogP contribution >= 0.6 is 12.0 Å². The van der Waals surface area contributed by atoms with Gasteiger partial charge in [0.2, 0.25) is 5.69 Å². The van der Waals surface area contributed by atoms with Crippen LogP contribution in [0.3, 0.4) is 0 Å². The van der Waals surface area contributed by atoms with E-state index in [1.165, 1.54) is 17.7 Å². The van der Waals surface area contributed by atoms with Crippen LogP contribution < -0.4 is 5.26 Å². The Morgan fingerprint density at radius 3 is 2.56 bits per heavy atom. The number of para-hydroxylation sites is 1. The van der Waals surface area contributed by atoms with E-state index in [-0.39, 0.29) is 5.41 Å². The molecule has 0 saturated carbocycles. The van der Waals surface area contributed by atoms with Gasteiger partial charge >= 0.3 is 0 Å². The first kappa shape index (κ1) is 20.0. The predicted octanol–water partition coefficient (Wildman–Crippen LogP) is 2.42. The Balaban J connectivity index is 2.06. The lowest BCUT2D eigenvalue weighted by atomic mass is 9.82. The van der Waals surface area contributed by atoms with Crippen molar-refractivity contribution in [3.8, 4) is 0 Å². The van der Waals surface area contributed by atoms with Crippen molar-refractivity contribution in [2.45, 2.75) is 42.5 Å². The number of rotatable bonds is 6. The van der Waals surface area contributed by atoms with Crippen LogP contribution in [0.1, 0.15) is 31.9 Å². The Bertz CT molecular complexity index is 1010. The zero-order valence-corrected chi connectivity index (χ0v) is 16.6. The van der Waals surface area contributed by atoms with E-state index >= 15 is 0 Å². The molecule has 0 unspecified atom stereocenters. The first-order valence-electron chi connectivity index (χ1n) is 8.09. The highest BCUT2D eigenvalue weighted by atomic mass is 32.2. The summed E-state index contributed by atoms with van der Waals surface area (Å²) >= 11 is 0.569. The summed E-state index contributed by atoms with van der Waals surface area (Å²) in [5.74, 6) is 0. The monoisotopic (exact) mass is 408 g/mol. The second kappa shape index (κ2) is 7.34. The van der Waals surface area contributed by atoms with Gasteiger partial charge in [-0.2, -0.15) is 8.91 Å². The summed E-state index contributed by atoms with van der Waals surface area (Å²) in [6.07, 6.45) is 0. The molecule has 0 spiro atoms. The number of hydrogen-bond acceptors (Lipinski definition) is 7. The molecule has 0 amide bonds. The molecule has 0 radical (unpaired) electrons. The summed E-state index contributed by atoms with van der Waals surface area (Å²) in [6.45, 7) is 6.73. The second-order valence-corrected chi connectivity index (χ2v) is 8.88. The number of fused-ring (bicyclic) bond motifs is 1. The van der Waals surface area contributed by atoms with Gasteiger partial charge in [-0.1, -0.05) is 24.3 Å². The molecule has 2 aromatic rings. The van der Waals surface area contributed by atoms with E-state index in [0.29, 0.717) is 29.0 Å². The molecular formula is C18H18NO6S2-. The molecule has 3 rings (SSSR count). The summed E-state index contributed by atoms with van der Waals surface area (Å²) < 4.78 is 40.4. The molecule has 0 saturated heterocycles. The van der Waals surface area contributed by atoms with Crippen LogP contribution in [0.5, 0.6) is 0 Å². The summed E-state index contributed by atoms with van der Waals surface area (Å²) in [5, 5.41) is 13.6. The van der Waals surface area contributed by atoms with Gasteiger partial charge in [0.05, 0.1) is 22.4 Å². The lowest BCUT2D eigenvalue weighted by Crippen LogP contribution is -2.26. The van der Waals surface area contributed by atoms with Crippen molar-refractivity contribution in [1.29, 1.82) is 0 Å². The Labute approximate surface area is 162 Å². The summed E-state index contributed by atoms with van der Waals surface area (Å²) in [7, 11) is -4.63. The van der Waals surface area contributed by atoms with Gasteiger partial charge in [-0.25, -0.2) is 8.42 Å². The van der Waals surface area contributed by atoms with Crippen LogP contribution in [0.25, 0.3) is 0 Å². The highest BCUT2D eigenvalue weighted by molar-refractivity contribution is 7.94. The molecule has 9 heteroatoms. The van der Waals surface area contributed by atoms with Gasteiger partial charge < -0.3 is 9.81 Å². The van der Waals surface area contributed by atoms with Gasteiger partial charge in [-0.15, -0.1) is 0 Å². The third kappa shape index (κ3) is 3.79. The molecule has 0 atom stereocenters. The molecule has 0 bridgehead atoms. The molecule has 144 valence electrons. The minimum atomic E-state index is -4.63. The van der Waals surface area contributed by atoms with E-state index in [1.807, 2.05) is 25.1 Å². The van der Waals surface area contributed by atoms with Crippen LogP contribution in [0, 0.1) is 0 Å². The smallest absolute Gasteiger partial charge is 0.209 e. The quantitative estimate of drug-likeness (QED) is 0.238. The number of nitrogens with zero attached hydrogens (tertiary/aromatic N) is 1. The van der Waals surface area contributed by atoms with Crippen molar-refractivity contribution in [2.24, 2.45) is 0 Å². The number of benzene rings is 2. The second-order valence-electron chi connectivity index (χ2n) is 6.76. The first-order chi connectivity index (χ1) is 12.7. The topological polar surface area (TPSA) is 102 Å². The van der Waals surface area contributed by atoms with Crippen LogP contribution in [-0.4, -0.2) is 23.3 Å². The molecule has 1 aliphatic rings. The van der Waals surface area contributed by atoms with Crippen molar-refractivity contribution >= 4 is 33.6 Å². The molecule has 1 heterocycles. The van der Waals surface area contributed by atoms with Crippen molar-refractivity contribution in [2.75, 3.05) is 0 Å². The summed E-state index contributed by atoms with van der Waals surface area (Å²) in [4.78, 5) is -0.0798. The van der Waals surface area contributed by atoms with Crippen molar-refractivity contribution in [3.63, 3.8) is 0 Å². The summed E-state index contributed by atoms with van der Waals surface area (Å²) in [5.41, 5.74) is 3.90. The Kier molecular flexibility index (Phi) is 5.44. The zero-order valence-electron chi connectivity index (χ0n) is 15.0. The predicted molar refractivity (Wildman–Crippen MR) is 96.2 cm³/mol. The van der Waals surface area contributed by atoms with Crippen LogP contribution in [0.4, 0.5) is 5.69 Å². The van der Waals surface area contributed by atoms with Gasteiger partial charge in [-0.05, 0) is 26.0 Å². The fourth-order valence-electron chi connectivity index (χ4n) is 3.27. The summed E-state index contributed by atoms with van der Waals surface area (Å²) in [6, 6.07) is 12.0. The van der Waals surface area contributed by atoms with Crippen molar-refractivity contribution < 1.29 is 32.2 Å². The highest BCUT2D eigenvalue weighted by Gasteiger charge is 2.42. The SMILES string of the molecule is CC1=[N+](Cc2ccc(S(=O)(=O)[O-])cc2SOO[O-])c2ccccc2C1(C)C. The maximum atomic E-state index is 11.3. The van der Waals surface area contributed by atoms with E-state index < -0.39 is 15.0 Å². The largest absolute Gasteiger partial charge is 0.744 e. The third-order valence-electron chi connectivity index (χ3n) is 4.98. The van der Waals surface area contributed by atoms with E-state index in [4.69, 9.17) is 0 Å². The standard InChI is InChI=1S/C18H19NO6S2/c1-12-18(2,3)15-6-4-5-7-16(15)19(12)11-13-8-9-14(27(21,22)23)10-17(13)26-25-24-20/h4-10H,11H2,1-3H3,(H-,20,21,22,23)/p-1. The van der Waals surface area contributed by atoms with E-state index in [9.17, 15) is 18.2 Å². The maximum absolute atomic E-state index is 11.3. The molecule has 0 aliphatic carbocycles. The van der Waals surface area contributed by atoms with Gasteiger partial charge in [0, 0.05) is 29.0 Å². The molecule has 1 aliphatic heterocycles. The van der Waals surface area contributed by atoms with Gasteiger partial charge in [0.15, 0.2) is 12.3 Å². The molecule has 0 fully saturated rings. The van der Waals surface area contributed by atoms with Crippen molar-refractivity contribution in [3.05, 3.63) is 53.6 Å². The lowest BCUT2D eigenvalue weighted by Gasteiger charge is -2.14. The fraction of sp³-hybridized carbons (Fsp3) is 0.278. The Morgan fingerprint density at radius 1 is 1.19 bits per heavy atom. The van der Waals surface area contributed by atoms with Crippen LogP contribution in [0.2, 0.25) is 0 Å². The Hall–Kier alpha value is -1.75. The zero-order chi connectivity index (χ0) is 19.8. The van der Waals surface area contributed by atoms with Gasteiger partial charge in [-0.3, -0.25) is 5.04 Å². The molecule has 2 aromatic carbocycles. The minimum absolute atomic E-state index is 0.156. The average Bonchev–Trinajstić information content (AvgIpc) is 2.81. The Morgan fingerprint density at radius 2 is 1.89 bits per heavy atom. The van der Waals surface area contributed by atoms with Crippen molar-refractivity contribution in [1.82, 2.24) is 0 Å². The van der Waals surface area contributed by atoms with Gasteiger partial charge in [0.1, 0.15) is 10.1 Å². The normalized spacial score (nSPS) is 15.9. The van der Waals surface area contributed by atoms with Gasteiger partial charge in [0.25, 0.3) is 0 Å². The molecule has 0 aromatic heterocycles. The molecule has 0 N–H and O–H groups in total. The van der Waals surface area contributed by atoms with Crippen LogP contribution in [-0.2, 0) is 31.4 Å². The van der Waals surface area contributed by atoms with Crippen LogP contribution in [0.15, 0.2) is 52.3 Å². The van der Waals surface area contributed by atoms with E-state index in [1.54, 1.807) is 6.07 Å². The van der Waals surface area contributed by atoms with E-state index in [2.05, 4.69) is 33.9 Å². The fourth-order valence-corrected chi connectivity index (χ4v) is 4.36. The first-order valence-corrected chi connectivity index (χ1v) is 10.2. The van der Waals surface area contributed by atoms with E-state index in [0.717, 1.165) is 11.4 Å².